The van der Waals surface area contributed by atoms with Crippen LogP contribution in [-0.2, 0) is 9.84 Å². The normalized spacial score (nSPS) is 15.4. The van der Waals surface area contributed by atoms with Crippen LogP contribution in [0.15, 0.2) is 64.5 Å². The summed E-state index contributed by atoms with van der Waals surface area (Å²) in [6.45, 7) is 0.793. The predicted molar refractivity (Wildman–Crippen MR) is 91.8 cm³/mol. The number of hydrogen-bond acceptors (Lipinski definition) is 5. The molecule has 0 radical (unpaired) electrons. The number of halogens is 1. The lowest BCUT2D eigenvalue weighted by molar-refractivity contribution is 0.141. The van der Waals surface area contributed by atoms with Gasteiger partial charge in [0.15, 0.2) is 0 Å². The number of aliphatic hydroxyl groups excluding tert-OH is 1. The Morgan fingerprint density at radius 3 is 2.64 bits per heavy atom. The number of para-hydroxylation sites is 2. The van der Waals surface area contributed by atoms with Crippen molar-refractivity contribution in [2.75, 3.05) is 18.0 Å². The van der Waals surface area contributed by atoms with Gasteiger partial charge in [0.2, 0.25) is 9.84 Å². The number of pyridine rings is 1. The van der Waals surface area contributed by atoms with Crippen molar-refractivity contribution in [2.24, 2.45) is 0 Å². The lowest BCUT2D eigenvalue weighted by Gasteiger charge is -2.38. The largest absolute Gasteiger partial charge is 0.389 e. The second-order valence-corrected chi connectivity index (χ2v) is 7.93. The van der Waals surface area contributed by atoms with Gasteiger partial charge in [-0.25, -0.2) is 12.8 Å². The van der Waals surface area contributed by atoms with Crippen molar-refractivity contribution in [1.82, 2.24) is 4.98 Å². The lowest BCUT2D eigenvalue weighted by atomic mass is 10.1. The van der Waals surface area contributed by atoms with E-state index in [4.69, 9.17) is 0 Å². The van der Waals surface area contributed by atoms with Crippen molar-refractivity contribution in [3.63, 3.8) is 0 Å². The minimum atomic E-state index is -3.82. The van der Waals surface area contributed by atoms with Crippen LogP contribution in [0.4, 0.5) is 10.1 Å². The molecule has 1 N–H and O–H groups in total. The Morgan fingerprint density at radius 1 is 1.12 bits per heavy atom. The molecule has 0 atom stereocenters. The Morgan fingerprint density at radius 2 is 1.88 bits per heavy atom. The molecule has 7 heteroatoms. The summed E-state index contributed by atoms with van der Waals surface area (Å²) in [7, 11) is -3.82. The first-order valence-corrected chi connectivity index (χ1v) is 9.26. The minimum Gasteiger partial charge on any atom is -0.389 e. The Kier molecular flexibility index (Phi) is 3.70. The van der Waals surface area contributed by atoms with E-state index in [9.17, 15) is 17.9 Å². The molecule has 4 rings (SSSR count). The first-order valence-electron chi connectivity index (χ1n) is 7.78. The number of nitrogens with zero attached hydrogens (tertiary/aromatic N) is 2. The average Bonchev–Trinajstić information content (AvgIpc) is 2.59. The van der Waals surface area contributed by atoms with Crippen LogP contribution >= 0.6 is 0 Å². The molecule has 3 aromatic rings. The number of fused-ring (bicyclic) bond motifs is 1. The Balaban J connectivity index is 1.83. The molecule has 0 unspecified atom stereocenters. The van der Waals surface area contributed by atoms with Crippen molar-refractivity contribution in [3.05, 3.63) is 60.5 Å². The van der Waals surface area contributed by atoms with Crippen LogP contribution in [0.2, 0.25) is 0 Å². The standard InChI is InChI=1S/C18H15FN2O3S/c19-15-5-3-4-12-8-14(9-20-18(12)15)25(23,24)17-7-2-1-6-16(17)21-10-13(22)11-21/h1-9,13,22H,10-11H2. The Labute approximate surface area is 144 Å². The van der Waals surface area contributed by atoms with E-state index in [0.717, 1.165) is 0 Å². The first kappa shape index (κ1) is 16.0. The number of sulfone groups is 1. The fourth-order valence-electron chi connectivity index (χ4n) is 2.97. The molecule has 2 heterocycles. The average molecular weight is 358 g/mol. The molecule has 2 aromatic carbocycles. The molecule has 0 aliphatic carbocycles. The predicted octanol–water partition coefficient (Wildman–Crippen LogP) is 2.39. The minimum absolute atomic E-state index is 0.0131. The van der Waals surface area contributed by atoms with Crippen LogP contribution in [0.5, 0.6) is 0 Å². The lowest BCUT2D eigenvalue weighted by Crippen LogP contribution is -2.51. The van der Waals surface area contributed by atoms with Gasteiger partial charge >= 0.3 is 0 Å². The summed E-state index contributed by atoms with van der Waals surface area (Å²) in [5, 5.41) is 9.93. The van der Waals surface area contributed by atoms with Crippen LogP contribution in [-0.4, -0.2) is 37.7 Å². The smallest absolute Gasteiger partial charge is 0.210 e. The van der Waals surface area contributed by atoms with Gasteiger partial charge in [0.1, 0.15) is 11.3 Å². The van der Waals surface area contributed by atoms with Gasteiger partial charge in [-0.15, -0.1) is 0 Å². The second kappa shape index (κ2) is 5.79. The molecule has 1 aliphatic heterocycles. The summed E-state index contributed by atoms with van der Waals surface area (Å²) < 4.78 is 39.9. The molecular weight excluding hydrogens is 343 g/mol. The summed E-state index contributed by atoms with van der Waals surface area (Å²) in [6, 6.07) is 12.5. The van der Waals surface area contributed by atoms with E-state index in [1.165, 1.54) is 30.5 Å². The monoisotopic (exact) mass is 358 g/mol. The molecule has 0 amide bonds. The van der Waals surface area contributed by atoms with Gasteiger partial charge in [-0.1, -0.05) is 24.3 Å². The molecule has 0 bridgehead atoms. The highest BCUT2D eigenvalue weighted by Gasteiger charge is 2.30. The van der Waals surface area contributed by atoms with Crippen LogP contribution in [0.25, 0.3) is 10.9 Å². The summed E-state index contributed by atoms with van der Waals surface area (Å²) in [6.07, 6.45) is 0.740. The molecule has 0 spiro atoms. The van der Waals surface area contributed by atoms with Gasteiger partial charge in [-0.2, -0.15) is 0 Å². The number of aromatic nitrogens is 1. The second-order valence-electron chi connectivity index (χ2n) is 6.01. The van der Waals surface area contributed by atoms with E-state index < -0.39 is 21.8 Å². The van der Waals surface area contributed by atoms with Crippen molar-refractivity contribution in [3.8, 4) is 0 Å². The molecule has 25 heavy (non-hydrogen) atoms. The van der Waals surface area contributed by atoms with Crippen molar-refractivity contribution >= 4 is 26.4 Å². The van der Waals surface area contributed by atoms with Gasteiger partial charge in [0, 0.05) is 24.7 Å². The number of β-amino-alcohol motifs (C(OH)–C–C–N with tert-alkyl or cyclic N) is 1. The third-order valence-corrected chi connectivity index (χ3v) is 6.07. The fourth-order valence-corrected chi connectivity index (χ4v) is 4.43. The van der Waals surface area contributed by atoms with Crippen molar-refractivity contribution < 1.29 is 17.9 Å². The van der Waals surface area contributed by atoms with Gasteiger partial charge < -0.3 is 10.0 Å². The zero-order chi connectivity index (χ0) is 17.6. The molecule has 1 fully saturated rings. The van der Waals surface area contributed by atoms with E-state index in [2.05, 4.69) is 4.98 Å². The zero-order valence-electron chi connectivity index (χ0n) is 13.1. The SMILES string of the molecule is O=S(=O)(c1cnc2c(F)cccc2c1)c1ccccc1N1CC(O)C1. The van der Waals surface area contributed by atoms with Crippen LogP contribution in [0.3, 0.4) is 0 Å². The van der Waals surface area contributed by atoms with Gasteiger partial charge in [-0.3, -0.25) is 4.98 Å². The highest BCUT2D eigenvalue weighted by molar-refractivity contribution is 7.91. The maximum absolute atomic E-state index is 13.8. The number of anilines is 1. The van der Waals surface area contributed by atoms with Gasteiger partial charge in [0.05, 0.1) is 21.6 Å². The molecule has 1 aromatic heterocycles. The molecular formula is C18H15FN2O3S. The number of hydrogen-bond donors (Lipinski definition) is 1. The molecule has 1 saturated heterocycles. The Hall–Kier alpha value is -2.51. The van der Waals surface area contributed by atoms with Crippen LogP contribution < -0.4 is 4.90 Å². The number of aliphatic hydroxyl groups is 1. The maximum Gasteiger partial charge on any atom is 0.210 e. The summed E-state index contributed by atoms with van der Waals surface area (Å²) in [4.78, 5) is 5.96. The quantitative estimate of drug-likeness (QED) is 0.778. The molecule has 1 aliphatic rings. The van der Waals surface area contributed by atoms with Crippen LogP contribution in [0.1, 0.15) is 0 Å². The van der Waals surface area contributed by atoms with Crippen molar-refractivity contribution in [1.29, 1.82) is 0 Å². The molecule has 128 valence electrons. The highest BCUT2D eigenvalue weighted by atomic mass is 32.2. The third kappa shape index (κ3) is 2.65. The first-order chi connectivity index (χ1) is 12.0. The van der Waals surface area contributed by atoms with E-state index in [-0.39, 0.29) is 15.3 Å². The fraction of sp³-hybridized carbons (Fsp3) is 0.167. The van der Waals surface area contributed by atoms with E-state index in [0.29, 0.717) is 24.2 Å². The summed E-state index contributed by atoms with van der Waals surface area (Å²) >= 11 is 0. The molecule has 0 saturated carbocycles. The van der Waals surface area contributed by atoms with E-state index in [1.807, 2.05) is 4.90 Å². The topological polar surface area (TPSA) is 70.5 Å². The number of rotatable bonds is 3. The summed E-state index contributed by atoms with van der Waals surface area (Å²) in [5.41, 5.74) is 0.688. The van der Waals surface area contributed by atoms with Crippen LogP contribution in [0, 0.1) is 5.82 Å². The Bertz CT molecular complexity index is 1060. The van der Waals surface area contributed by atoms with E-state index >= 15 is 0 Å². The summed E-state index contributed by atoms with van der Waals surface area (Å²) in [5.74, 6) is -0.489. The van der Waals surface area contributed by atoms with Crippen molar-refractivity contribution in [2.45, 2.75) is 15.9 Å². The molecule has 5 nitrogen and oxygen atoms in total. The van der Waals surface area contributed by atoms with Gasteiger partial charge in [-0.05, 0) is 24.3 Å². The van der Waals surface area contributed by atoms with E-state index in [1.54, 1.807) is 24.3 Å². The highest BCUT2D eigenvalue weighted by Crippen LogP contribution is 2.33. The zero-order valence-corrected chi connectivity index (χ0v) is 13.9. The number of benzene rings is 2. The van der Waals surface area contributed by atoms with Gasteiger partial charge in [0.25, 0.3) is 0 Å². The third-order valence-electron chi connectivity index (χ3n) is 4.30. The maximum atomic E-state index is 13.8.